The first-order valence-corrected chi connectivity index (χ1v) is 5.24. The molecule has 0 atom stereocenters. The molecule has 0 aliphatic rings. The molecule has 0 saturated heterocycles. The molecule has 0 saturated carbocycles. The molecule has 1 rings (SSSR count). The number of anilines is 1. The standard InChI is InChI=1S/C10H13BrN2O2/c1-12-6-10(14)13-7-3-4-9(15-2)8(11)5-7/h3-5,12H,6H2,1-2H3,(H,13,14). The van der Waals surface area contributed by atoms with E-state index in [0.29, 0.717) is 6.54 Å². The van der Waals surface area contributed by atoms with Gasteiger partial charge in [0, 0.05) is 5.69 Å². The number of benzene rings is 1. The average molecular weight is 273 g/mol. The van der Waals surface area contributed by atoms with Gasteiger partial charge in [0.15, 0.2) is 0 Å². The second-order valence-electron chi connectivity index (χ2n) is 2.93. The first-order chi connectivity index (χ1) is 7.17. The second kappa shape index (κ2) is 5.72. The van der Waals surface area contributed by atoms with E-state index in [1.54, 1.807) is 32.4 Å². The van der Waals surface area contributed by atoms with Crippen LogP contribution in [-0.2, 0) is 4.79 Å². The number of methoxy groups -OCH3 is 1. The van der Waals surface area contributed by atoms with Crippen molar-refractivity contribution in [1.82, 2.24) is 5.32 Å². The lowest BCUT2D eigenvalue weighted by Crippen LogP contribution is -2.24. The smallest absolute Gasteiger partial charge is 0.238 e. The van der Waals surface area contributed by atoms with E-state index in [4.69, 9.17) is 4.74 Å². The highest BCUT2D eigenvalue weighted by atomic mass is 79.9. The van der Waals surface area contributed by atoms with Gasteiger partial charge in [0.25, 0.3) is 0 Å². The Labute approximate surface area is 97.1 Å². The van der Waals surface area contributed by atoms with Crippen LogP contribution in [0, 0.1) is 0 Å². The Kier molecular flexibility index (Phi) is 4.58. The van der Waals surface area contributed by atoms with Crippen LogP contribution in [0.2, 0.25) is 0 Å². The molecule has 1 amide bonds. The number of hydrogen-bond acceptors (Lipinski definition) is 3. The Morgan fingerprint density at radius 2 is 2.27 bits per heavy atom. The average Bonchev–Trinajstić information content (AvgIpc) is 2.18. The van der Waals surface area contributed by atoms with Gasteiger partial charge in [-0.05, 0) is 41.2 Å². The maximum Gasteiger partial charge on any atom is 0.238 e. The van der Waals surface area contributed by atoms with E-state index in [-0.39, 0.29) is 5.91 Å². The first kappa shape index (κ1) is 12.0. The molecule has 1 aromatic rings. The van der Waals surface area contributed by atoms with Gasteiger partial charge in [0.05, 0.1) is 18.1 Å². The number of nitrogens with one attached hydrogen (secondary N) is 2. The summed E-state index contributed by atoms with van der Waals surface area (Å²) in [7, 11) is 3.32. The van der Waals surface area contributed by atoms with Gasteiger partial charge >= 0.3 is 0 Å². The molecule has 0 aliphatic carbocycles. The van der Waals surface area contributed by atoms with E-state index < -0.39 is 0 Å². The number of carbonyl (C=O) groups excluding carboxylic acids is 1. The van der Waals surface area contributed by atoms with E-state index in [0.717, 1.165) is 15.9 Å². The van der Waals surface area contributed by atoms with Crippen molar-refractivity contribution in [1.29, 1.82) is 0 Å². The highest BCUT2D eigenvalue weighted by Crippen LogP contribution is 2.27. The predicted molar refractivity (Wildman–Crippen MR) is 63.3 cm³/mol. The van der Waals surface area contributed by atoms with Gasteiger partial charge in [0.2, 0.25) is 5.91 Å². The van der Waals surface area contributed by atoms with Crippen LogP contribution < -0.4 is 15.4 Å². The van der Waals surface area contributed by atoms with Crippen molar-refractivity contribution in [2.24, 2.45) is 0 Å². The molecule has 0 aromatic heterocycles. The van der Waals surface area contributed by atoms with Crippen LogP contribution in [0.15, 0.2) is 22.7 Å². The molecule has 82 valence electrons. The van der Waals surface area contributed by atoms with Gasteiger partial charge in [0.1, 0.15) is 5.75 Å². The number of carbonyl (C=O) groups is 1. The van der Waals surface area contributed by atoms with Crippen molar-refractivity contribution >= 4 is 27.5 Å². The number of amides is 1. The van der Waals surface area contributed by atoms with Crippen molar-refractivity contribution in [2.75, 3.05) is 26.0 Å². The summed E-state index contributed by atoms with van der Waals surface area (Å²) in [4.78, 5) is 11.3. The predicted octanol–water partition coefficient (Wildman–Crippen LogP) is 1.62. The quantitative estimate of drug-likeness (QED) is 0.876. The molecule has 0 fully saturated rings. The van der Waals surface area contributed by atoms with Crippen molar-refractivity contribution in [3.63, 3.8) is 0 Å². The first-order valence-electron chi connectivity index (χ1n) is 4.45. The Morgan fingerprint density at radius 3 is 2.80 bits per heavy atom. The van der Waals surface area contributed by atoms with Crippen LogP contribution in [0.1, 0.15) is 0 Å². The number of likely N-dealkylation sites (N-methyl/N-ethyl adjacent to an activating group) is 1. The normalized spacial score (nSPS) is 9.80. The highest BCUT2D eigenvalue weighted by molar-refractivity contribution is 9.10. The summed E-state index contributed by atoms with van der Waals surface area (Å²) >= 11 is 3.34. The molecule has 15 heavy (non-hydrogen) atoms. The number of ether oxygens (including phenoxy) is 1. The molecule has 0 aliphatic heterocycles. The lowest BCUT2D eigenvalue weighted by molar-refractivity contribution is -0.115. The fraction of sp³-hybridized carbons (Fsp3) is 0.300. The van der Waals surface area contributed by atoms with Gasteiger partial charge in [-0.1, -0.05) is 0 Å². The minimum Gasteiger partial charge on any atom is -0.496 e. The molecular formula is C10H13BrN2O2. The van der Waals surface area contributed by atoms with Crippen molar-refractivity contribution in [3.05, 3.63) is 22.7 Å². The number of rotatable bonds is 4. The lowest BCUT2D eigenvalue weighted by Gasteiger charge is -2.07. The van der Waals surface area contributed by atoms with Gasteiger partial charge < -0.3 is 15.4 Å². The summed E-state index contributed by atoms with van der Waals surface area (Å²) in [5, 5.41) is 5.52. The van der Waals surface area contributed by atoms with Gasteiger partial charge in [-0.25, -0.2) is 0 Å². The molecule has 0 bridgehead atoms. The van der Waals surface area contributed by atoms with E-state index >= 15 is 0 Å². The number of hydrogen-bond donors (Lipinski definition) is 2. The Morgan fingerprint density at radius 1 is 1.53 bits per heavy atom. The van der Waals surface area contributed by atoms with Crippen molar-refractivity contribution < 1.29 is 9.53 Å². The molecular weight excluding hydrogens is 260 g/mol. The van der Waals surface area contributed by atoms with Gasteiger partial charge in [-0.15, -0.1) is 0 Å². The fourth-order valence-corrected chi connectivity index (χ4v) is 1.65. The third-order valence-electron chi connectivity index (χ3n) is 1.77. The molecule has 0 spiro atoms. The molecule has 1 aromatic carbocycles. The third-order valence-corrected chi connectivity index (χ3v) is 2.39. The second-order valence-corrected chi connectivity index (χ2v) is 3.78. The van der Waals surface area contributed by atoms with Crippen LogP contribution >= 0.6 is 15.9 Å². The van der Waals surface area contributed by atoms with E-state index in [9.17, 15) is 4.79 Å². The fourth-order valence-electron chi connectivity index (χ4n) is 1.11. The molecule has 5 heteroatoms. The summed E-state index contributed by atoms with van der Waals surface area (Å²) in [6, 6.07) is 5.38. The van der Waals surface area contributed by atoms with E-state index in [1.165, 1.54) is 0 Å². The van der Waals surface area contributed by atoms with Crippen LogP contribution in [0.4, 0.5) is 5.69 Å². The topological polar surface area (TPSA) is 50.4 Å². The monoisotopic (exact) mass is 272 g/mol. The van der Waals surface area contributed by atoms with Gasteiger partial charge in [-0.3, -0.25) is 4.79 Å². The maximum atomic E-state index is 11.3. The zero-order valence-corrected chi connectivity index (χ0v) is 10.2. The Balaban J connectivity index is 2.71. The molecule has 4 nitrogen and oxygen atoms in total. The molecule has 2 N–H and O–H groups in total. The zero-order valence-electron chi connectivity index (χ0n) is 8.63. The van der Waals surface area contributed by atoms with Gasteiger partial charge in [-0.2, -0.15) is 0 Å². The van der Waals surface area contributed by atoms with Crippen molar-refractivity contribution in [3.8, 4) is 5.75 Å². The molecule has 0 radical (unpaired) electrons. The SMILES string of the molecule is CNCC(=O)Nc1ccc(OC)c(Br)c1. The summed E-state index contributed by atoms with van der Waals surface area (Å²) in [6.07, 6.45) is 0. The molecule has 0 heterocycles. The van der Waals surface area contributed by atoms with Crippen LogP contribution in [0.5, 0.6) is 5.75 Å². The zero-order chi connectivity index (χ0) is 11.3. The minimum atomic E-state index is -0.0745. The Hall–Kier alpha value is -1.07. The number of halogens is 1. The van der Waals surface area contributed by atoms with E-state index in [2.05, 4.69) is 26.6 Å². The largest absolute Gasteiger partial charge is 0.496 e. The molecule has 0 unspecified atom stereocenters. The van der Waals surface area contributed by atoms with Crippen LogP contribution in [0.3, 0.4) is 0 Å². The van der Waals surface area contributed by atoms with Crippen molar-refractivity contribution in [2.45, 2.75) is 0 Å². The summed E-state index contributed by atoms with van der Waals surface area (Å²) in [5.74, 6) is 0.663. The third kappa shape index (κ3) is 3.53. The summed E-state index contributed by atoms with van der Waals surface area (Å²) in [5.41, 5.74) is 0.739. The minimum absolute atomic E-state index is 0.0745. The Bertz CT molecular complexity index is 355. The highest BCUT2D eigenvalue weighted by Gasteiger charge is 2.04. The maximum absolute atomic E-state index is 11.3. The van der Waals surface area contributed by atoms with Crippen LogP contribution in [-0.4, -0.2) is 26.6 Å². The van der Waals surface area contributed by atoms with Crippen LogP contribution in [0.25, 0.3) is 0 Å². The lowest BCUT2D eigenvalue weighted by atomic mass is 10.3. The van der Waals surface area contributed by atoms with E-state index in [1.807, 2.05) is 0 Å². The summed E-state index contributed by atoms with van der Waals surface area (Å²) in [6.45, 7) is 0.295. The summed E-state index contributed by atoms with van der Waals surface area (Å²) < 4.78 is 5.89.